The van der Waals surface area contributed by atoms with Gasteiger partial charge in [0.2, 0.25) is 0 Å². The lowest BCUT2D eigenvalue weighted by atomic mass is 10.00. The van der Waals surface area contributed by atoms with E-state index >= 15 is 0 Å². The molecule has 1 aromatic heterocycles. The van der Waals surface area contributed by atoms with Crippen LogP contribution in [-0.2, 0) is 6.54 Å². The van der Waals surface area contributed by atoms with Gasteiger partial charge < -0.3 is 5.32 Å². The molecule has 1 N–H and O–H groups in total. The molecule has 0 aliphatic carbocycles. The van der Waals surface area contributed by atoms with E-state index in [0.29, 0.717) is 6.04 Å². The van der Waals surface area contributed by atoms with Crippen molar-refractivity contribution in [1.82, 2.24) is 15.1 Å². The van der Waals surface area contributed by atoms with Crippen molar-refractivity contribution in [3.05, 3.63) is 57.8 Å². The maximum absolute atomic E-state index is 11.9. The van der Waals surface area contributed by atoms with Gasteiger partial charge in [-0.1, -0.05) is 12.1 Å². The Labute approximate surface area is 141 Å². The van der Waals surface area contributed by atoms with Gasteiger partial charge in [-0.15, -0.1) is 0 Å². The normalized spacial score (nSPS) is 19.7. The number of benzene rings is 1. The number of thiophene rings is 1. The van der Waals surface area contributed by atoms with Crippen LogP contribution in [0.25, 0.3) is 0 Å². The van der Waals surface area contributed by atoms with Crippen molar-refractivity contribution in [2.45, 2.75) is 12.6 Å². The van der Waals surface area contributed by atoms with Gasteiger partial charge in [0.25, 0.3) is 5.91 Å². The van der Waals surface area contributed by atoms with Gasteiger partial charge in [0.05, 0.1) is 0 Å². The third-order valence-electron chi connectivity index (χ3n) is 4.48. The van der Waals surface area contributed by atoms with Crippen LogP contribution in [0.3, 0.4) is 0 Å². The van der Waals surface area contributed by atoms with Gasteiger partial charge in [-0.3, -0.25) is 14.6 Å². The number of rotatable bonds is 4. The predicted octanol–water partition coefficient (Wildman–Crippen LogP) is 2.60. The van der Waals surface area contributed by atoms with Gasteiger partial charge in [-0.25, -0.2) is 0 Å². The second-order valence-electron chi connectivity index (χ2n) is 6.07. The van der Waals surface area contributed by atoms with Crippen LogP contribution in [0.5, 0.6) is 0 Å². The minimum absolute atomic E-state index is 0.0274. The van der Waals surface area contributed by atoms with Crippen LogP contribution in [0, 0.1) is 0 Å². The van der Waals surface area contributed by atoms with Gasteiger partial charge >= 0.3 is 0 Å². The van der Waals surface area contributed by atoms with Gasteiger partial charge in [-0.05, 0) is 47.1 Å². The smallest absolute Gasteiger partial charge is 0.251 e. The number of carbonyl (C=O) groups is 1. The van der Waals surface area contributed by atoms with Crippen LogP contribution in [0.1, 0.15) is 27.5 Å². The highest BCUT2D eigenvalue weighted by Gasteiger charge is 2.26. The summed E-state index contributed by atoms with van der Waals surface area (Å²) in [6.07, 6.45) is 0. The Hall–Kier alpha value is -1.69. The molecule has 1 aliphatic heterocycles. The molecule has 1 fully saturated rings. The minimum Gasteiger partial charge on any atom is -0.355 e. The predicted molar refractivity (Wildman–Crippen MR) is 94.8 cm³/mol. The van der Waals surface area contributed by atoms with E-state index in [4.69, 9.17) is 0 Å². The Bertz CT molecular complexity index is 656. The monoisotopic (exact) mass is 329 g/mol. The summed E-state index contributed by atoms with van der Waals surface area (Å²) in [5.41, 5.74) is 3.33. The number of hydrogen-bond acceptors (Lipinski definition) is 4. The lowest BCUT2D eigenvalue weighted by Crippen LogP contribution is -2.46. The van der Waals surface area contributed by atoms with Crippen LogP contribution in [-0.4, -0.2) is 49.4 Å². The molecule has 1 amide bonds. The third-order valence-corrected chi connectivity index (χ3v) is 5.21. The molecular weight excluding hydrogens is 306 g/mol. The minimum atomic E-state index is -0.0274. The lowest BCUT2D eigenvalue weighted by Gasteiger charge is -2.39. The molecule has 0 bridgehead atoms. The van der Waals surface area contributed by atoms with E-state index in [1.54, 1.807) is 18.4 Å². The fourth-order valence-electron chi connectivity index (χ4n) is 3.11. The molecule has 3 rings (SSSR count). The second kappa shape index (κ2) is 7.25. The summed E-state index contributed by atoms with van der Waals surface area (Å²) >= 11 is 1.75. The summed E-state index contributed by atoms with van der Waals surface area (Å²) in [6, 6.07) is 10.5. The Morgan fingerprint density at radius 2 is 2.22 bits per heavy atom. The van der Waals surface area contributed by atoms with Crippen molar-refractivity contribution in [2.24, 2.45) is 0 Å². The van der Waals surface area contributed by atoms with Gasteiger partial charge in [0.15, 0.2) is 0 Å². The van der Waals surface area contributed by atoms with Crippen LogP contribution >= 0.6 is 11.3 Å². The number of likely N-dealkylation sites (N-methyl/N-ethyl adjacent to an activating group) is 1. The highest BCUT2D eigenvalue weighted by molar-refractivity contribution is 7.07. The molecule has 0 radical (unpaired) electrons. The van der Waals surface area contributed by atoms with Crippen molar-refractivity contribution in [3.63, 3.8) is 0 Å². The Balaban J connectivity index is 1.76. The summed E-state index contributed by atoms with van der Waals surface area (Å²) in [4.78, 5) is 16.8. The molecule has 2 heterocycles. The molecule has 0 spiro atoms. The molecule has 1 aliphatic rings. The Kier molecular flexibility index (Phi) is 5.10. The molecule has 1 unspecified atom stereocenters. The van der Waals surface area contributed by atoms with Gasteiger partial charge in [-0.2, -0.15) is 11.3 Å². The molecular formula is C18H23N3OS. The molecule has 1 aromatic carbocycles. The average molecular weight is 329 g/mol. The van der Waals surface area contributed by atoms with E-state index in [9.17, 15) is 4.79 Å². The maximum Gasteiger partial charge on any atom is 0.251 e. The van der Waals surface area contributed by atoms with Gasteiger partial charge in [0.1, 0.15) is 0 Å². The first-order valence-corrected chi connectivity index (χ1v) is 8.87. The van der Waals surface area contributed by atoms with Crippen LogP contribution < -0.4 is 5.32 Å². The quantitative estimate of drug-likeness (QED) is 0.936. The van der Waals surface area contributed by atoms with E-state index < -0.39 is 0 Å². The molecule has 1 saturated heterocycles. The van der Waals surface area contributed by atoms with E-state index in [2.05, 4.69) is 45.1 Å². The first-order chi connectivity index (χ1) is 11.2. The number of hydrogen-bond donors (Lipinski definition) is 1. The standard InChI is InChI=1S/C18H23N3OS/c1-19-18(22)16-5-3-4-15(10-16)17-12-21(8-7-20(17)2)11-14-6-9-23-13-14/h3-6,9-10,13,17H,7-8,11-12H2,1-2H3,(H,19,22). The fraction of sp³-hybridized carbons (Fsp3) is 0.389. The number of nitrogens with zero attached hydrogens (tertiary/aromatic N) is 2. The average Bonchev–Trinajstić information content (AvgIpc) is 3.09. The molecule has 23 heavy (non-hydrogen) atoms. The SMILES string of the molecule is CNC(=O)c1cccc(C2CN(Cc3ccsc3)CCN2C)c1. The highest BCUT2D eigenvalue weighted by atomic mass is 32.1. The number of amides is 1. The second-order valence-corrected chi connectivity index (χ2v) is 6.85. The summed E-state index contributed by atoms with van der Waals surface area (Å²) in [5.74, 6) is -0.0274. The lowest BCUT2D eigenvalue weighted by molar-refractivity contribution is 0.0902. The zero-order valence-electron chi connectivity index (χ0n) is 13.7. The summed E-state index contributed by atoms with van der Waals surface area (Å²) < 4.78 is 0. The summed E-state index contributed by atoms with van der Waals surface area (Å²) in [7, 11) is 3.84. The van der Waals surface area contributed by atoms with Crippen molar-refractivity contribution in [3.8, 4) is 0 Å². The van der Waals surface area contributed by atoms with E-state index in [1.807, 2.05) is 18.2 Å². The van der Waals surface area contributed by atoms with Crippen molar-refractivity contribution >= 4 is 17.2 Å². The zero-order valence-corrected chi connectivity index (χ0v) is 14.5. The van der Waals surface area contributed by atoms with Crippen LogP contribution in [0.2, 0.25) is 0 Å². The highest BCUT2D eigenvalue weighted by Crippen LogP contribution is 2.26. The van der Waals surface area contributed by atoms with Crippen molar-refractivity contribution in [1.29, 1.82) is 0 Å². The molecule has 4 nitrogen and oxygen atoms in total. The zero-order chi connectivity index (χ0) is 16.2. The van der Waals surface area contributed by atoms with Gasteiger partial charge in [0, 0.05) is 44.8 Å². The third kappa shape index (κ3) is 3.80. The van der Waals surface area contributed by atoms with E-state index in [-0.39, 0.29) is 5.91 Å². The van der Waals surface area contributed by atoms with Crippen LogP contribution in [0.4, 0.5) is 0 Å². The molecule has 1 atom stereocenters. The van der Waals surface area contributed by atoms with Crippen molar-refractivity contribution in [2.75, 3.05) is 33.7 Å². The summed E-state index contributed by atoms with van der Waals surface area (Å²) in [5, 5.41) is 7.06. The maximum atomic E-state index is 11.9. The largest absolute Gasteiger partial charge is 0.355 e. The number of nitrogens with one attached hydrogen (secondary N) is 1. The number of piperazine rings is 1. The first kappa shape index (κ1) is 16.2. The molecule has 122 valence electrons. The molecule has 0 saturated carbocycles. The summed E-state index contributed by atoms with van der Waals surface area (Å²) in [6.45, 7) is 4.11. The Morgan fingerprint density at radius 1 is 1.35 bits per heavy atom. The topological polar surface area (TPSA) is 35.6 Å². The molecule has 5 heteroatoms. The number of carbonyl (C=O) groups excluding carboxylic acids is 1. The van der Waals surface area contributed by atoms with E-state index in [1.165, 1.54) is 11.1 Å². The van der Waals surface area contributed by atoms with Crippen molar-refractivity contribution < 1.29 is 4.79 Å². The Morgan fingerprint density at radius 3 is 2.96 bits per heavy atom. The van der Waals surface area contributed by atoms with E-state index in [0.717, 1.165) is 31.7 Å². The first-order valence-electron chi connectivity index (χ1n) is 7.93. The fourth-order valence-corrected chi connectivity index (χ4v) is 3.77. The molecule has 2 aromatic rings. The van der Waals surface area contributed by atoms with Crippen LogP contribution in [0.15, 0.2) is 41.1 Å².